The number of aliphatic imine (C=N–C) groups is 2. The fourth-order valence-corrected chi connectivity index (χ4v) is 2.45. The van der Waals surface area contributed by atoms with Gasteiger partial charge < -0.3 is 0 Å². The highest BCUT2D eigenvalue weighted by atomic mass is 16.1. The first-order chi connectivity index (χ1) is 7.34. The Bertz CT molecular complexity index is 388. The van der Waals surface area contributed by atoms with Gasteiger partial charge in [-0.1, -0.05) is 19.3 Å². The Balaban J connectivity index is 1.80. The molecule has 1 saturated carbocycles. The van der Waals surface area contributed by atoms with E-state index < -0.39 is 0 Å². The van der Waals surface area contributed by atoms with E-state index in [0.717, 1.165) is 23.6 Å². The van der Waals surface area contributed by atoms with E-state index in [4.69, 9.17) is 0 Å². The van der Waals surface area contributed by atoms with E-state index in [2.05, 4.69) is 9.98 Å². The van der Waals surface area contributed by atoms with Crippen LogP contribution in [-0.2, 0) is 4.79 Å². The normalized spacial score (nSPS) is 29.6. The highest BCUT2D eigenvalue weighted by molar-refractivity contribution is 6.37. The SMILES string of the molecule is O=C1C=NC(CC2CCC2)C2=C1CC=N2. The van der Waals surface area contributed by atoms with Crippen molar-refractivity contribution in [2.75, 3.05) is 0 Å². The number of nitrogens with zero attached hydrogens (tertiary/aromatic N) is 2. The summed E-state index contributed by atoms with van der Waals surface area (Å²) in [6, 6.07) is 0.168. The van der Waals surface area contributed by atoms with E-state index in [1.807, 2.05) is 6.21 Å². The van der Waals surface area contributed by atoms with Crippen LogP contribution in [0.1, 0.15) is 32.1 Å². The second kappa shape index (κ2) is 3.40. The molecule has 0 bridgehead atoms. The number of allylic oxidation sites excluding steroid dienone is 1. The zero-order valence-corrected chi connectivity index (χ0v) is 8.65. The molecule has 2 heterocycles. The van der Waals surface area contributed by atoms with E-state index in [1.165, 1.54) is 25.5 Å². The molecule has 1 unspecified atom stereocenters. The van der Waals surface area contributed by atoms with Crippen LogP contribution in [0.4, 0.5) is 0 Å². The number of ketones is 1. The molecule has 15 heavy (non-hydrogen) atoms. The molecule has 0 saturated heterocycles. The summed E-state index contributed by atoms with van der Waals surface area (Å²) in [5, 5.41) is 0. The monoisotopic (exact) mass is 202 g/mol. The van der Waals surface area contributed by atoms with Crippen LogP contribution in [0.15, 0.2) is 21.3 Å². The van der Waals surface area contributed by atoms with E-state index >= 15 is 0 Å². The quantitative estimate of drug-likeness (QED) is 0.674. The number of carbonyl (C=O) groups is 1. The molecule has 0 radical (unpaired) electrons. The number of Topliss-reactive ketones (excluding diaryl/α,β-unsaturated/α-hetero) is 1. The molecule has 0 aromatic heterocycles. The number of carbonyl (C=O) groups excluding carboxylic acids is 1. The highest BCUT2D eigenvalue weighted by Gasteiger charge is 2.30. The van der Waals surface area contributed by atoms with E-state index in [9.17, 15) is 4.79 Å². The second-order valence-corrected chi connectivity index (χ2v) is 4.57. The predicted molar refractivity (Wildman–Crippen MR) is 59.4 cm³/mol. The third-order valence-corrected chi connectivity index (χ3v) is 3.60. The molecule has 2 aliphatic heterocycles. The van der Waals surface area contributed by atoms with Crippen molar-refractivity contribution in [2.45, 2.75) is 38.1 Å². The summed E-state index contributed by atoms with van der Waals surface area (Å²) in [5.41, 5.74) is 1.84. The van der Waals surface area contributed by atoms with Gasteiger partial charge in [-0.2, -0.15) is 0 Å². The van der Waals surface area contributed by atoms with Crippen molar-refractivity contribution in [3.8, 4) is 0 Å². The lowest BCUT2D eigenvalue weighted by Crippen LogP contribution is -2.24. The van der Waals surface area contributed by atoms with Gasteiger partial charge in [0.15, 0.2) is 0 Å². The van der Waals surface area contributed by atoms with Gasteiger partial charge in [-0.15, -0.1) is 0 Å². The molecule has 3 heteroatoms. The molecule has 0 spiro atoms. The van der Waals surface area contributed by atoms with Gasteiger partial charge in [-0.25, -0.2) is 0 Å². The maximum Gasteiger partial charge on any atom is 0.201 e. The van der Waals surface area contributed by atoms with Crippen LogP contribution < -0.4 is 0 Å². The van der Waals surface area contributed by atoms with Crippen molar-refractivity contribution >= 4 is 18.2 Å². The Morgan fingerprint density at radius 2 is 2.27 bits per heavy atom. The van der Waals surface area contributed by atoms with Gasteiger partial charge in [0.1, 0.15) is 0 Å². The first-order valence-electron chi connectivity index (χ1n) is 5.67. The highest BCUT2D eigenvalue weighted by Crippen LogP contribution is 2.35. The first-order valence-corrected chi connectivity index (χ1v) is 5.67. The summed E-state index contributed by atoms with van der Waals surface area (Å²) in [6.07, 6.45) is 9.14. The average Bonchev–Trinajstić information content (AvgIpc) is 2.63. The summed E-state index contributed by atoms with van der Waals surface area (Å²) in [6.45, 7) is 0. The molecule has 1 atom stereocenters. The van der Waals surface area contributed by atoms with Crippen LogP contribution in [0.25, 0.3) is 0 Å². The van der Waals surface area contributed by atoms with Gasteiger partial charge in [0.05, 0.1) is 18.0 Å². The minimum atomic E-state index is 0.0624. The molecule has 3 rings (SSSR count). The van der Waals surface area contributed by atoms with Crippen molar-refractivity contribution in [3.63, 3.8) is 0 Å². The average molecular weight is 202 g/mol. The molecule has 3 nitrogen and oxygen atoms in total. The molecule has 1 fully saturated rings. The minimum Gasteiger partial charge on any atom is -0.288 e. The van der Waals surface area contributed by atoms with Crippen molar-refractivity contribution in [2.24, 2.45) is 15.9 Å². The Labute approximate surface area is 89.0 Å². The smallest absolute Gasteiger partial charge is 0.201 e. The number of hydrogen-bond donors (Lipinski definition) is 0. The molecule has 0 amide bonds. The third-order valence-electron chi connectivity index (χ3n) is 3.60. The Kier molecular flexibility index (Phi) is 2.04. The fourth-order valence-electron chi connectivity index (χ4n) is 2.45. The van der Waals surface area contributed by atoms with Gasteiger partial charge in [0, 0.05) is 18.2 Å². The fraction of sp³-hybridized carbons (Fsp3) is 0.583. The van der Waals surface area contributed by atoms with Crippen LogP contribution in [0.5, 0.6) is 0 Å². The molecular weight excluding hydrogens is 188 g/mol. The molecular formula is C12H14N2O. The van der Waals surface area contributed by atoms with E-state index in [0.29, 0.717) is 6.42 Å². The van der Waals surface area contributed by atoms with Crippen LogP contribution in [-0.4, -0.2) is 24.3 Å². The lowest BCUT2D eigenvalue weighted by molar-refractivity contribution is -0.109. The zero-order valence-electron chi connectivity index (χ0n) is 8.65. The predicted octanol–water partition coefficient (Wildman–Crippen LogP) is 1.93. The lowest BCUT2D eigenvalue weighted by atomic mass is 9.79. The second-order valence-electron chi connectivity index (χ2n) is 4.57. The van der Waals surface area contributed by atoms with Crippen LogP contribution in [0.3, 0.4) is 0 Å². The summed E-state index contributed by atoms with van der Waals surface area (Å²) >= 11 is 0. The molecule has 0 aromatic carbocycles. The Morgan fingerprint density at radius 1 is 1.40 bits per heavy atom. The maximum atomic E-state index is 11.5. The van der Waals surface area contributed by atoms with E-state index in [1.54, 1.807) is 0 Å². The zero-order chi connectivity index (χ0) is 10.3. The Hall–Kier alpha value is -1.25. The third kappa shape index (κ3) is 1.46. The molecule has 3 aliphatic rings. The van der Waals surface area contributed by atoms with Gasteiger partial charge in [0.2, 0.25) is 5.78 Å². The maximum absolute atomic E-state index is 11.5. The van der Waals surface area contributed by atoms with Gasteiger partial charge in [-0.05, 0) is 12.3 Å². The molecule has 78 valence electrons. The minimum absolute atomic E-state index is 0.0624. The number of dihydropyridines is 1. The van der Waals surface area contributed by atoms with Crippen molar-refractivity contribution in [1.82, 2.24) is 0 Å². The van der Waals surface area contributed by atoms with Crippen LogP contribution >= 0.6 is 0 Å². The molecule has 0 N–H and O–H groups in total. The largest absolute Gasteiger partial charge is 0.288 e. The van der Waals surface area contributed by atoms with Gasteiger partial charge in [0.25, 0.3) is 0 Å². The number of rotatable bonds is 2. The van der Waals surface area contributed by atoms with Crippen LogP contribution in [0, 0.1) is 5.92 Å². The first kappa shape index (κ1) is 9.01. The van der Waals surface area contributed by atoms with Gasteiger partial charge in [-0.3, -0.25) is 14.8 Å². The summed E-state index contributed by atoms with van der Waals surface area (Å²) in [5.74, 6) is 0.872. The van der Waals surface area contributed by atoms with Crippen molar-refractivity contribution in [1.29, 1.82) is 0 Å². The van der Waals surface area contributed by atoms with Gasteiger partial charge >= 0.3 is 0 Å². The van der Waals surface area contributed by atoms with Crippen LogP contribution in [0.2, 0.25) is 0 Å². The van der Waals surface area contributed by atoms with E-state index in [-0.39, 0.29) is 11.8 Å². The standard InChI is InChI=1S/C12H14N2O/c15-11-7-14-10(6-8-2-1-3-8)12-9(11)4-5-13-12/h5,7-8,10H,1-4,6H2. The van der Waals surface area contributed by atoms with Crippen molar-refractivity contribution < 1.29 is 4.79 Å². The summed E-state index contributed by atoms with van der Waals surface area (Å²) in [4.78, 5) is 20.2. The van der Waals surface area contributed by atoms with Crippen molar-refractivity contribution in [3.05, 3.63) is 11.3 Å². The summed E-state index contributed by atoms with van der Waals surface area (Å²) < 4.78 is 0. The Morgan fingerprint density at radius 3 is 3.00 bits per heavy atom. The molecule has 0 aromatic rings. The number of hydrogen-bond acceptors (Lipinski definition) is 3. The lowest BCUT2D eigenvalue weighted by Gasteiger charge is -2.29. The molecule has 1 aliphatic carbocycles. The topological polar surface area (TPSA) is 41.8 Å². The summed E-state index contributed by atoms with van der Waals surface area (Å²) in [7, 11) is 0.